The van der Waals surface area contributed by atoms with Crippen molar-refractivity contribution < 1.29 is 5.11 Å². The molecule has 1 fully saturated rings. The highest BCUT2D eigenvalue weighted by molar-refractivity contribution is 7.15. The minimum absolute atomic E-state index is 0.424. The maximum absolute atomic E-state index is 9.57. The lowest BCUT2D eigenvalue weighted by atomic mass is 10.2. The number of benzene rings is 1. The highest BCUT2D eigenvalue weighted by Crippen LogP contribution is 2.28. The Hall–Kier alpha value is -1.59. The molecule has 1 aromatic carbocycles. The van der Waals surface area contributed by atoms with Crippen molar-refractivity contribution in [2.45, 2.75) is 13.0 Å². The number of aromatic nitrogens is 1. The number of thiazole rings is 1. The Kier molecular flexibility index (Phi) is 3.89. The molecule has 0 spiro atoms. The Morgan fingerprint density at radius 1 is 1.10 bits per heavy atom. The van der Waals surface area contributed by atoms with Crippen LogP contribution < -0.4 is 9.80 Å². The molecule has 1 aromatic heterocycles. The molecule has 4 nitrogen and oxygen atoms in total. The van der Waals surface area contributed by atoms with E-state index in [4.69, 9.17) is 0 Å². The van der Waals surface area contributed by atoms with E-state index >= 15 is 0 Å². The zero-order chi connectivity index (χ0) is 13.9. The van der Waals surface area contributed by atoms with Crippen molar-refractivity contribution in [2.75, 3.05) is 36.0 Å². The third-order valence-electron chi connectivity index (χ3n) is 3.59. The van der Waals surface area contributed by atoms with Crippen molar-refractivity contribution in [3.63, 3.8) is 0 Å². The highest BCUT2D eigenvalue weighted by atomic mass is 32.1. The van der Waals surface area contributed by atoms with E-state index in [-0.39, 0.29) is 0 Å². The number of hydrogen-bond donors (Lipinski definition) is 1. The summed E-state index contributed by atoms with van der Waals surface area (Å²) < 4.78 is 0. The van der Waals surface area contributed by atoms with Crippen molar-refractivity contribution in [1.29, 1.82) is 0 Å². The zero-order valence-electron chi connectivity index (χ0n) is 11.6. The molecular formula is C15H19N3OS. The van der Waals surface area contributed by atoms with Crippen LogP contribution in [0.3, 0.4) is 0 Å². The number of hydrogen-bond acceptors (Lipinski definition) is 5. The van der Waals surface area contributed by atoms with Gasteiger partial charge < -0.3 is 14.9 Å². The number of nitrogens with zero attached hydrogens (tertiary/aromatic N) is 3. The Morgan fingerprint density at radius 3 is 2.35 bits per heavy atom. The molecule has 1 atom stereocenters. The third kappa shape index (κ3) is 2.78. The maximum Gasteiger partial charge on any atom is 0.185 e. The quantitative estimate of drug-likeness (QED) is 0.942. The molecule has 0 saturated carbocycles. The number of aliphatic hydroxyl groups excluding tert-OH is 1. The lowest BCUT2D eigenvalue weighted by Gasteiger charge is -2.36. The van der Waals surface area contributed by atoms with Gasteiger partial charge in [0.05, 0.1) is 11.0 Å². The van der Waals surface area contributed by atoms with Gasteiger partial charge in [-0.25, -0.2) is 4.98 Å². The van der Waals surface area contributed by atoms with E-state index in [9.17, 15) is 5.11 Å². The first-order valence-electron chi connectivity index (χ1n) is 6.93. The molecule has 1 aliphatic heterocycles. The van der Waals surface area contributed by atoms with Gasteiger partial charge in [0.25, 0.3) is 0 Å². The predicted octanol–water partition coefficient (Wildman–Crippen LogP) is 2.52. The lowest BCUT2D eigenvalue weighted by Crippen LogP contribution is -2.46. The fourth-order valence-electron chi connectivity index (χ4n) is 2.41. The van der Waals surface area contributed by atoms with Gasteiger partial charge >= 0.3 is 0 Å². The van der Waals surface area contributed by atoms with Crippen molar-refractivity contribution in [2.24, 2.45) is 0 Å². The minimum atomic E-state index is -0.424. The van der Waals surface area contributed by atoms with Gasteiger partial charge in [0.1, 0.15) is 0 Å². The van der Waals surface area contributed by atoms with E-state index in [1.165, 1.54) is 5.69 Å². The molecule has 1 saturated heterocycles. The van der Waals surface area contributed by atoms with Crippen molar-refractivity contribution in [3.8, 4) is 0 Å². The van der Waals surface area contributed by atoms with Gasteiger partial charge in [0.2, 0.25) is 0 Å². The summed E-state index contributed by atoms with van der Waals surface area (Å²) in [6, 6.07) is 10.5. The van der Waals surface area contributed by atoms with Gasteiger partial charge in [-0.1, -0.05) is 29.5 Å². The second-order valence-corrected chi connectivity index (χ2v) is 6.07. The predicted molar refractivity (Wildman–Crippen MR) is 83.6 cm³/mol. The van der Waals surface area contributed by atoms with Crippen LogP contribution in [0.2, 0.25) is 0 Å². The van der Waals surface area contributed by atoms with E-state index in [1.54, 1.807) is 24.5 Å². The number of piperazine rings is 1. The number of anilines is 2. The monoisotopic (exact) mass is 289 g/mol. The van der Waals surface area contributed by atoms with Gasteiger partial charge in [0.15, 0.2) is 5.13 Å². The number of rotatable bonds is 3. The summed E-state index contributed by atoms with van der Waals surface area (Å²) in [5.41, 5.74) is 1.29. The van der Waals surface area contributed by atoms with Crippen molar-refractivity contribution in [1.82, 2.24) is 4.98 Å². The SMILES string of the molecule is CC(O)c1cnc(N2CCN(c3ccccc3)CC2)s1. The van der Waals surface area contributed by atoms with E-state index in [2.05, 4.69) is 39.0 Å². The van der Waals surface area contributed by atoms with E-state index in [0.29, 0.717) is 0 Å². The summed E-state index contributed by atoms with van der Waals surface area (Å²) in [5.74, 6) is 0. The standard InChI is InChI=1S/C15H19N3OS/c1-12(19)14-11-16-15(20-14)18-9-7-17(8-10-18)13-5-3-2-4-6-13/h2-6,11-12,19H,7-10H2,1H3. The Balaban J connectivity index is 1.63. The van der Waals surface area contributed by atoms with Crippen LogP contribution in [0.15, 0.2) is 36.5 Å². The first-order valence-corrected chi connectivity index (χ1v) is 7.74. The normalized spacial score (nSPS) is 17.3. The Bertz CT molecular complexity index is 547. The van der Waals surface area contributed by atoms with Crippen LogP contribution in [-0.2, 0) is 0 Å². The molecule has 2 aromatic rings. The molecule has 0 aliphatic carbocycles. The fraction of sp³-hybridized carbons (Fsp3) is 0.400. The Morgan fingerprint density at radius 2 is 1.75 bits per heavy atom. The lowest BCUT2D eigenvalue weighted by molar-refractivity contribution is 0.203. The second-order valence-electron chi connectivity index (χ2n) is 5.03. The van der Waals surface area contributed by atoms with Crippen LogP contribution >= 0.6 is 11.3 Å². The second kappa shape index (κ2) is 5.81. The molecule has 20 heavy (non-hydrogen) atoms. The average Bonchev–Trinajstić information content (AvgIpc) is 2.98. The van der Waals surface area contributed by atoms with Gasteiger partial charge in [0, 0.05) is 38.1 Å². The molecule has 0 radical (unpaired) electrons. The smallest absolute Gasteiger partial charge is 0.185 e. The van der Waals surface area contributed by atoms with Gasteiger partial charge in [-0.2, -0.15) is 0 Å². The maximum atomic E-state index is 9.57. The van der Waals surface area contributed by atoms with Gasteiger partial charge in [-0.3, -0.25) is 0 Å². The molecular weight excluding hydrogens is 270 g/mol. The first kappa shape index (κ1) is 13.4. The highest BCUT2D eigenvalue weighted by Gasteiger charge is 2.20. The van der Waals surface area contributed by atoms with Gasteiger partial charge in [-0.15, -0.1) is 0 Å². The molecule has 106 valence electrons. The van der Waals surface area contributed by atoms with E-state index < -0.39 is 6.10 Å². The van der Waals surface area contributed by atoms with Crippen LogP contribution in [0.1, 0.15) is 17.9 Å². The van der Waals surface area contributed by atoms with Crippen LogP contribution in [0.4, 0.5) is 10.8 Å². The molecule has 5 heteroatoms. The molecule has 0 bridgehead atoms. The Labute approximate surface area is 123 Å². The third-order valence-corrected chi connectivity index (χ3v) is 4.82. The van der Waals surface area contributed by atoms with E-state index in [0.717, 1.165) is 36.2 Å². The molecule has 1 N–H and O–H groups in total. The van der Waals surface area contributed by atoms with Crippen LogP contribution in [0.5, 0.6) is 0 Å². The number of aliphatic hydroxyl groups is 1. The van der Waals surface area contributed by atoms with Crippen LogP contribution in [-0.4, -0.2) is 36.3 Å². The largest absolute Gasteiger partial charge is 0.388 e. The van der Waals surface area contributed by atoms with Crippen molar-refractivity contribution >= 4 is 22.2 Å². The topological polar surface area (TPSA) is 39.6 Å². The molecule has 2 heterocycles. The molecule has 1 aliphatic rings. The van der Waals surface area contributed by atoms with Crippen molar-refractivity contribution in [3.05, 3.63) is 41.4 Å². The molecule has 0 amide bonds. The van der Waals surface area contributed by atoms with Crippen LogP contribution in [0.25, 0.3) is 0 Å². The summed E-state index contributed by atoms with van der Waals surface area (Å²) in [6.07, 6.45) is 1.36. The molecule has 1 unspecified atom stereocenters. The fourth-order valence-corrected chi connectivity index (χ4v) is 3.31. The minimum Gasteiger partial charge on any atom is -0.388 e. The van der Waals surface area contributed by atoms with Gasteiger partial charge in [-0.05, 0) is 19.1 Å². The van der Waals surface area contributed by atoms with E-state index in [1.807, 2.05) is 6.07 Å². The summed E-state index contributed by atoms with van der Waals surface area (Å²) in [4.78, 5) is 10.1. The first-order chi connectivity index (χ1) is 9.74. The molecule has 3 rings (SSSR count). The number of para-hydroxylation sites is 1. The summed E-state index contributed by atoms with van der Waals surface area (Å²) in [6.45, 7) is 5.75. The average molecular weight is 289 g/mol. The summed E-state index contributed by atoms with van der Waals surface area (Å²) in [7, 11) is 0. The zero-order valence-corrected chi connectivity index (χ0v) is 12.4. The summed E-state index contributed by atoms with van der Waals surface area (Å²) >= 11 is 1.59. The van der Waals surface area contributed by atoms with Crippen LogP contribution in [0, 0.1) is 0 Å². The summed E-state index contributed by atoms with van der Waals surface area (Å²) in [5, 5.41) is 10.6.